The second kappa shape index (κ2) is 9.25. The molecule has 36 heavy (non-hydrogen) atoms. The Morgan fingerprint density at radius 1 is 1.17 bits per heavy atom. The number of aromatic nitrogens is 1. The summed E-state index contributed by atoms with van der Waals surface area (Å²) in [4.78, 5) is 19.9. The van der Waals surface area contributed by atoms with Gasteiger partial charge >= 0.3 is 12.1 Å². The fraction of sp³-hybridized carbons (Fsp3) is 0.320. The molecule has 1 atom stereocenters. The number of benzene rings is 2. The van der Waals surface area contributed by atoms with Crippen molar-refractivity contribution in [3.63, 3.8) is 0 Å². The normalized spacial score (nSPS) is 15.3. The summed E-state index contributed by atoms with van der Waals surface area (Å²) in [5.74, 6) is -0.154. The maximum atomic E-state index is 14.2. The summed E-state index contributed by atoms with van der Waals surface area (Å²) in [5.41, 5.74) is -3.60. The smallest absolute Gasteiger partial charge is 0.422 e. The summed E-state index contributed by atoms with van der Waals surface area (Å²) in [6.45, 7) is 3.00. The van der Waals surface area contributed by atoms with Crippen LogP contribution in [0.2, 0.25) is 5.02 Å². The SMILES string of the molecule is COC(=O)c1ccc2c(/N=C/C(O)(CC(C)(C)c3ccc(Cl)c4c3OCO4)C(F)(F)F)cccc2n1. The summed E-state index contributed by atoms with van der Waals surface area (Å²) in [7, 11) is 1.21. The lowest BCUT2D eigenvalue weighted by molar-refractivity contribution is -0.234. The van der Waals surface area contributed by atoms with Gasteiger partial charge in [0.2, 0.25) is 6.79 Å². The Balaban J connectivity index is 1.71. The lowest BCUT2D eigenvalue weighted by atomic mass is 9.74. The highest BCUT2D eigenvalue weighted by Gasteiger charge is 2.55. The largest absolute Gasteiger partial charge is 0.464 e. The predicted molar refractivity (Wildman–Crippen MR) is 127 cm³/mol. The highest BCUT2D eigenvalue weighted by atomic mass is 35.5. The lowest BCUT2D eigenvalue weighted by Gasteiger charge is -2.36. The van der Waals surface area contributed by atoms with Crippen molar-refractivity contribution in [2.24, 2.45) is 4.99 Å². The number of methoxy groups -OCH3 is 1. The minimum absolute atomic E-state index is 0.0429. The van der Waals surface area contributed by atoms with Crippen molar-refractivity contribution in [3.05, 3.63) is 58.7 Å². The monoisotopic (exact) mass is 522 g/mol. The molecule has 1 aromatic heterocycles. The number of rotatable bonds is 6. The summed E-state index contributed by atoms with van der Waals surface area (Å²) in [5, 5.41) is 11.5. The van der Waals surface area contributed by atoms with E-state index in [1.807, 2.05) is 0 Å². The quantitative estimate of drug-likeness (QED) is 0.327. The van der Waals surface area contributed by atoms with Crippen molar-refractivity contribution in [3.8, 4) is 11.5 Å². The molecule has 3 aromatic rings. The number of halogens is 4. The van der Waals surface area contributed by atoms with Crippen molar-refractivity contribution in [2.45, 2.75) is 37.5 Å². The third-order valence-corrected chi connectivity index (χ3v) is 6.22. The van der Waals surface area contributed by atoms with E-state index < -0.39 is 29.6 Å². The highest BCUT2D eigenvalue weighted by molar-refractivity contribution is 6.32. The Hall–Kier alpha value is -3.37. The van der Waals surface area contributed by atoms with Crippen LogP contribution in [0.15, 0.2) is 47.5 Å². The van der Waals surface area contributed by atoms with E-state index in [0.29, 0.717) is 22.7 Å². The minimum Gasteiger partial charge on any atom is -0.464 e. The van der Waals surface area contributed by atoms with E-state index in [1.54, 1.807) is 26.0 Å². The lowest BCUT2D eigenvalue weighted by Crippen LogP contribution is -2.50. The topological polar surface area (TPSA) is 90.2 Å². The molecule has 1 N–H and O–H groups in total. The predicted octanol–water partition coefficient (Wildman–Crippen LogP) is 5.77. The number of aliphatic imine (C=N–C) groups is 1. The molecule has 7 nitrogen and oxygen atoms in total. The van der Waals surface area contributed by atoms with E-state index in [-0.39, 0.29) is 34.7 Å². The van der Waals surface area contributed by atoms with Gasteiger partial charge in [-0.25, -0.2) is 9.78 Å². The van der Waals surface area contributed by atoms with Gasteiger partial charge in [0.05, 0.1) is 23.3 Å². The Labute approximate surface area is 209 Å². The molecule has 1 unspecified atom stereocenters. The molecule has 2 aromatic carbocycles. The van der Waals surface area contributed by atoms with Gasteiger partial charge in [-0.05, 0) is 42.2 Å². The third kappa shape index (κ3) is 4.70. The number of alkyl halides is 3. The van der Waals surface area contributed by atoms with Gasteiger partial charge in [-0.15, -0.1) is 0 Å². The molecule has 2 heterocycles. The van der Waals surface area contributed by atoms with Crippen LogP contribution in [-0.2, 0) is 10.2 Å². The number of ether oxygens (including phenoxy) is 3. The van der Waals surface area contributed by atoms with Gasteiger partial charge < -0.3 is 19.3 Å². The zero-order valence-electron chi connectivity index (χ0n) is 19.5. The summed E-state index contributed by atoms with van der Waals surface area (Å²) in [6.07, 6.45) is -5.31. The summed E-state index contributed by atoms with van der Waals surface area (Å²) in [6, 6.07) is 10.6. The molecule has 0 saturated carbocycles. The zero-order chi connectivity index (χ0) is 26.3. The molecule has 0 radical (unpaired) electrons. The van der Waals surface area contributed by atoms with E-state index in [0.717, 1.165) is 0 Å². The molecular weight excluding hydrogens is 501 g/mol. The van der Waals surface area contributed by atoms with Gasteiger partial charge in [0.15, 0.2) is 17.1 Å². The summed E-state index contributed by atoms with van der Waals surface area (Å²) >= 11 is 6.11. The van der Waals surface area contributed by atoms with E-state index in [9.17, 15) is 23.1 Å². The van der Waals surface area contributed by atoms with Crippen LogP contribution in [0.4, 0.5) is 18.9 Å². The minimum atomic E-state index is -5.04. The average Bonchev–Trinajstić information content (AvgIpc) is 3.31. The molecule has 0 aliphatic carbocycles. The Bertz CT molecular complexity index is 1360. The van der Waals surface area contributed by atoms with Crippen LogP contribution in [0, 0.1) is 0 Å². The highest BCUT2D eigenvalue weighted by Crippen LogP contribution is 2.49. The van der Waals surface area contributed by atoms with Crippen LogP contribution < -0.4 is 9.47 Å². The van der Waals surface area contributed by atoms with Gasteiger partial charge in [0.1, 0.15) is 5.69 Å². The molecule has 0 saturated heterocycles. The first-order chi connectivity index (χ1) is 16.9. The molecule has 0 fully saturated rings. The van der Waals surface area contributed by atoms with Crippen LogP contribution >= 0.6 is 11.6 Å². The molecule has 190 valence electrons. The number of hydrogen-bond donors (Lipinski definition) is 1. The van der Waals surface area contributed by atoms with Gasteiger partial charge in [-0.2, -0.15) is 13.2 Å². The van der Waals surface area contributed by atoms with Crippen LogP contribution in [0.1, 0.15) is 36.3 Å². The first kappa shape index (κ1) is 25.7. The van der Waals surface area contributed by atoms with E-state index in [4.69, 9.17) is 21.1 Å². The molecule has 0 bridgehead atoms. The Morgan fingerprint density at radius 2 is 1.89 bits per heavy atom. The number of carbonyl (C=O) groups is 1. The number of carbonyl (C=O) groups excluding carboxylic acids is 1. The summed E-state index contributed by atoms with van der Waals surface area (Å²) < 4.78 is 58.1. The van der Waals surface area contributed by atoms with E-state index in [1.165, 1.54) is 37.4 Å². The maximum absolute atomic E-state index is 14.2. The number of pyridine rings is 1. The zero-order valence-corrected chi connectivity index (χ0v) is 20.3. The van der Waals surface area contributed by atoms with Crippen LogP contribution in [0.5, 0.6) is 11.5 Å². The number of hydrogen-bond acceptors (Lipinski definition) is 7. The molecule has 11 heteroatoms. The second-order valence-corrected chi connectivity index (χ2v) is 9.34. The second-order valence-electron chi connectivity index (χ2n) is 8.93. The number of fused-ring (bicyclic) bond motifs is 2. The van der Waals surface area contributed by atoms with Gasteiger partial charge in [-0.1, -0.05) is 37.6 Å². The number of aliphatic hydroxyl groups is 1. The molecule has 0 spiro atoms. The first-order valence-corrected chi connectivity index (χ1v) is 11.1. The van der Waals surface area contributed by atoms with Crippen molar-refractivity contribution in [1.29, 1.82) is 0 Å². The number of esters is 1. The molecule has 0 amide bonds. The van der Waals surface area contributed by atoms with Crippen molar-refractivity contribution >= 4 is 40.4 Å². The third-order valence-electron chi connectivity index (χ3n) is 5.92. The first-order valence-electron chi connectivity index (χ1n) is 10.8. The average molecular weight is 523 g/mol. The van der Waals surface area contributed by atoms with E-state index >= 15 is 0 Å². The molecule has 4 rings (SSSR count). The Kier molecular flexibility index (Phi) is 6.61. The van der Waals surface area contributed by atoms with Gasteiger partial charge in [0.25, 0.3) is 0 Å². The fourth-order valence-corrected chi connectivity index (χ4v) is 4.33. The van der Waals surface area contributed by atoms with Crippen LogP contribution in [0.3, 0.4) is 0 Å². The van der Waals surface area contributed by atoms with Gasteiger partial charge in [0, 0.05) is 17.2 Å². The van der Waals surface area contributed by atoms with Crippen LogP contribution in [-0.4, -0.2) is 48.0 Å². The van der Waals surface area contributed by atoms with Crippen molar-refractivity contribution in [2.75, 3.05) is 13.9 Å². The molecule has 1 aliphatic heterocycles. The van der Waals surface area contributed by atoms with Crippen LogP contribution in [0.25, 0.3) is 10.9 Å². The van der Waals surface area contributed by atoms with E-state index in [2.05, 4.69) is 14.7 Å². The number of nitrogens with zero attached hydrogens (tertiary/aromatic N) is 2. The molecule has 1 aliphatic rings. The maximum Gasteiger partial charge on any atom is 0.422 e. The van der Waals surface area contributed by atoms with Crippen molar-refractivity contribution < 1.29 is 37.3 Å². The Morgan fingerprint density at radius 3 is 2.58 bits per heavy atom. The van der Waals surface area contributed by atoms with Gasteiger partial charge in [-0.3, -0.25) is 4.99 Å². The fourth-order valence-electron chi connectivity index (χ4n) is 4.13. The molecular formula is C25H22ClF3N2O5. The standard InChI is InChI=1S/C25H22ClF3N2O5/c1-23(2,15-8-9-16(26)21-20(15)35-13-36-21)11-24(33,25(27,28)29)12-30-17-5-4-6-18-14(17)7-10-19(31-18)22(32)34-3/h4-10,12,33H,11,13H2,1-3H3/b30-12+. The van der Waals surface area contributed by atoms with Crippen molar-refractivity contribution in [1.82, 2.24) is 4.98 Å².